The number of rotatable bonds is 4. The van der Waals surface area contributed by atoms with E-state index in [1.54, 1.807) is 0 Å². The molecule has 2 aliphatic heterocycles. The molecule has 33 heavy (non-hydrogen) atoms. The van der Waals surface area contributed by atoms with Crippen LogP contribution in [0.3, 0.4) is 0 Å². The van der Waals surface area contributed by atoms with Crippen LogP contribution >= 0.6 is 0 Å². The van der Waals surface area contributed by atoms with E-state index in [2.05, 4.69) is 30.6 Å². The summed E-state index contributed by atoms with van der Waals surface area (Å²) in [5, 5.41) is 6.60. The summed E-state index contributed by atoms with van der Waals surface area (Å²) in [6, 6.07) is 16.0. The average molecular weight is 436 g/mol. The molecule has 5 aromatic rings. The number of H-pyrrole nitrogens is 2. The van der Waals surface area contributed by atoms with E-state index >= 15 is 0 Å². The van der Waals surface area contributed by atoms with E-state index in [0.29, 0.717) is 23.2 Å². The van der Waals surface area contributed by atoms with Crippen molar-refractivity contribution in [3.05, 3.63) is 59.7 Å². The first-order chi connectivity index (χ1) is 16.3. The van der Waals surface area contributed by atoms with Crippen molar-refractivity contribution in [3.63, 3.8) is 0 Å². The minimum absolute atomic E-state index is 0.657. The maximum Gasteiger partial charge on any atom is 0.174 e. The molecule has 0 aliphatic carbocycles. The minimum atomic E-state index is 0.657. The van der Waals surface area contributed by atoms with Crippen LogP contribution in [0.15, 0.2) is 62.9 Å². The largest absolute Gasteiger partial charge is 0.450 e. The molecule has 7 rings (SSSR count). The molecular formula is C24H20N8O. The first kappa shape index (κ1) is 18.2. The van der Waals surface area contributed by atoms with Gasteiger partial charge in [0.25, 0.3) is 0 Å². The second-order valence-corrected chi connectivity index (χ2v) is 8.11. The number of furan rings is 1. The van der Waals surface area contributed by atoms with Gasteiger partial charge in [-0.15, -0.1) is 0 Å². The van der Waals surface area contributed by atoms with Crippen molar-refractivity contribution in [3.8, 4) is 23.2 Å². The van der Waals surface area contributed by atoms with Crippen LogP contribution in [-0.2, 0) is 0 Å². The molecule has 0 amide bonds. The third kappa shape index (κ3) is 3.08. The number of aromatic amines is 2. The smallest absolute Gasteiger partial charge is 0.174 e. The number of aliphatic imine (C=N–C) groups is 2. The highest BCUT2D eigenvalue weighted by Crippen LogP contribution is 2.29. The lowest BCUT2D eigenvalue weighted by Crippen LogP contribution is -2.19. The van der Waals surface area contributed by atoms with Crippen molar-refractivity contribution in [2.24, 2.45) is 9.98 Å². The van der Waals surface area contributed by atoms with Gasteiger partial charge >= 0.3 is 0 Å². The van der Waals surface area contributed by atoms with Crippen molar-refractivity contribution < 1.29 is 4.42 Å². The summed E-state index contributed by atoms with van der Waals surface area (Å²) in [5.74, 6) is 4.52. The van der Waals surface area contributed by atoms with E-state index in [1.807, 2.05) is 48.5 Å². The second-order valence-electron chi connectivity index (χ2n) is 8.11. The molecule has 0 atom stereocenters. The highest BCUT2D eigenvalue weighted by atomic mass is 16.3. The minimum Gasteiger partial charge on any atom is -0.450 e. The molecule has 0 bridgehead atoms. The summed E-state index contributed by atoms with van der Waals surface area (Å²) in [6.07, 6.45) is 0. The number of benzene rings is 2. The molecule has 2 aromatic carbocycles. The normalized spacial score (nSPS) is 15.6. The number of nitrogens with zero attached hydrogens (tertiary/aromatic N) is 4. The Hall–Kier alpha value is -4.40. The van der Waals surface area contributed by atoms with Crippen LogP contribution in [0, 0.1) is 0 Å². The number of hydrogen-bond donors (Lipinski definition) is 4. The van der Waals surface area contributed by atoms with Gasteiger partial charge in [-0.3, -0.25) is 9.98 Å². The van der Waals surface area contributed by atoms with Crippen LogP contribution in [0.25, 0.3) is 45.2 Å². The first-order valence-electron chi connectivity index (χ1n) is 11.0. The van der Waals surface area contributed by atoms with Crippen LogP contribution in [0.1, 0.15) is 11.1 Å². The molecular weight excluding hydrogens is 416 g/mol. The third-order valence-electron chi connectivity index (χ3n) is 5.93. The molecule has 0 fully saturated rings. The molecule has 0 saturated carbocycles. The van der Waals surface area contributed by atoms with E-state index in [9.17, 15) is 0 Å². The van der Waals surface area contributed by atoms with Gasteiger partial charge in [0.2, 0.25) is 0 Å². The summed E-state index contributed by atoms with van der Waals surface area (Å²) in [4.78, 5) is 25.1. The van der Waals surface area contributed by atoms with Gasteiger partial charge < -0.3 is 25.0 Å². The topological polar surface area (TPSA) is 119 Å². The van der Waals surface area contributed by atoms with Crippen molar-refractivity contribution in [2.45, 2.75) is 0 Å². The Balaban J connectivity index is 1.21. The summed E-state index contributed by atoms with van der Waals surface area (Å²) in [5.41, 5.74) is 5.72. The van der Waals surface area contributed by atoms with Crippen molar-refractivity contribution in [2.75, 3.05) is 26.2 Å². The Bertz CT molecular complexity index is 1470. The van der Waals surface area contributed by atoms with Crippen LogP contribution in [0.4, 0.5) is 0 Å². The number of amidine groups is 2. The van der Waals surface area contributed by atoms with E-state index < -0.39 is 0 Å². The first-order valence-corrected chi connectivity index (χ1v) is 11.0. The second kappa shape index (κ2) is 7.06. The molecule has 0 spiro atoms. The molecule has 5 heterocycles. The fraction of sp³-hybridized carbons (Fsp3) is 0.167. The summed E-state index contributed by atoms with van der Waals surface area (Å²) < 4.78 is 6.12. The predicted octanol–water partition coefficient (Wildman–Crippen LogP) is 3.07. The molecule has 162 valence electrons. The van der Waals surface area contributed by atoms with Crippen molar-refractivity contribution in [1.29, 1.82) is 0 Å². The summed E-state index contributed by atoms with van der Waals surface area (Å²) in [7, 11) is 0. The number of imidazole rings is 2. The number of nitrogens with one attached hydrogen (secondary N) is 4. The van der Waals surface area contributed by atoms with Crippen LogP contribution in [0.5, 0.6) is 0 Å². The van der Waals surface area contributed by atoms with Gasteiger partial charge in [-0.05, 0) is 48.5 Å². The average Bonchev–Trinajstić information content (AvgIpc) is 3.68. The number of hydrogen-bond acceptors (Lipinski definition) is 7. The highest BCUT2D eigenvalue weighted by Gasteiger charge is 2.16. The van der Waals surface area contributed by atoms with Crippen molar-refractivity contribution in [1.82, 2.24) is 30.6 Å². The lowest BCUT2D eigenvalue weighted by atomic mass is 10.2. The third-order valence-corrected chi connectivity index (χ3v) is 5.93. The Labute approximate surface area is 188 Å². The lowest BCUT2D eigenvalue weighted by Gasteiger charge is -2.01. The Morgan fingerprint density at radius 1 is 0.636 bits per heavy atom. The lowest BCUT2D eigenvalue weighted by molar-refractivity contribution is 0.589. The molecule has 2 aliphatic rings. The van der Waals surface area contributed by atoms with Gasteiger partial charge in [0, 0.05) is 24.2 Å². The van der Waals surface area contributed by atoms with Crippen LogP contribution < -0.4 is 10.6 Å². The van der Waals surface area contributed by atoms with Gasteiger partial charge in [0.15, 0.2) is 23.2 Å². The predicted molar refractivity (Wildman–Crippen MR) is 128 cm³/mol. The van der Waals surface area contributed by atoms with Gasteiger partial charge in [-0.1, -0.05) is 0 Å². The SMILES string of the molecule is c1cc2[nH]c(-c3ccc(-c4nc5cc(C6=NCCN6)ccc5[nH]4)o3)nc2cc1C1=NCCN1. The molecule has 9 heteroatoms. The monoisotopic (exact) mass is 436 g/mol. The Morgan fingerprint density at radius 3 is 1.61 bits per heavy atom. The molecule has 0 unspecified atom stereocenters. The van der Waals surface area contributed by atoms with E-state index in [4.69, 9.17) is 14.4 Å². The van der Waals surface area contributed by atoms with E-state index in [-0.39, 0.29) is 0 Å². The zero-order valence-corrected chi connectivity index (χ0v) is 17.6. The quantitative estimate of drug-likeness (QED) is 0.345. The van der Waals surface area contributed by atoms with Crippen molar-refractivity contribution >= 4 is 33.7 Å². The zero-order chi connectivity index (χ0) is 21.8. The maximum atomic E-state index is 6.12. The fourth-order valence-electron chi connectivity index (χ4n) is 4.31. The standard InChI is InChI=1S/C24H20N8O/c1-3-15-17(11-13(1)21-25-7-8-26-21)31-23(29-15)19-5-6-20(33-19)24-30-16-4-2-14(12-18(16)32-24)22-27-9-10-28-22/h1-6,11-12H,7-10H2,(H,25,26)(H,27,28)(H,29,31)(H,30,32). The zero-order valence-electron chi connectivity index (χ0n) is 17.6. The van der Waals surface area contributed by atoms with Gasteiger partial charge in [0.1, 0.15) is 11.7 Å². The Kier molecular flexibility index (Phi) is 3.89. The number of fused-ring (bicyclic) bond motifs is 2. The maximum absolute atomic E-state index is 6.12. The van der Waals surface area contributed by atoms with Crippen LogP contribution in [0.2, 0.25) is 0 Å². The van der Waals surface area contributed by atoms with Gasteiger partial charge in [-0.2, -0.15) is 0 Å². The molecule has 0 radical (unpaired) electrons. The van der Waals surface area contributed by atoms with Crippen LogP contribution in [-0.4, -0.2) is 57.8 Å². The molecule has 9 nitrogen and oxygen atoms in total. The van der Waals surface area contributed by atoms with E-state index in [1.165, 1.54) is 0 Å². The highest BCUT2D eigenvalue weighted by molar-refractivity contribution is 6.03. The summed E-state index contributed by atoms with van der Waals surface area (Å²) >= 11 is 0. The van der Waals surface area contributed by atoms with E-state index in [0.717, 1.165) is 71.0 Å². The van der Waals surface area contributed by atoms with Gasteiger partial charge in [-0.25, -0.2) is 9.97 Å². The Morgan fingerprint density at radius 2 is 1.15 bits per heavy atom. The summed E-state index contributed by atoms with van der Waals surface area (Å²) in [6.45, 7) is 3.37. The molecule has 3 aromatic heterocycles. The fourth-order valence-corrected chi connectivity index (χ4v) is 4.31. The molecule has 0 saturated heterocycles. The number of aromatic nitrogens is 4. The molecule has 4 N–H and O–H groups in total. The van der Waals surface area contributed by atoms with Gasteiger partial charge in [0.05, 0.1) is 35.2 Å².